The second-order valence-electron chi connectivity index (χ2n) is 4.74. The number of nitrogens with two attached hydrogens (primary N) is 1. The van der Waals surface area contributed by atoms with Crippen LogP contribution in [-0.4, -0.2) is 64.1 Å². The molecule has 0 aliphatic heterocycles. The van der Waals surface area contributed by atoms with Crippen LogP contribution >= 0.6 is 0 Å². The average molecular weight is 408 g/mol. The number of aromatic nitrogens is 1. The minimum Gasteiger partial charge on any atom is -0.478 e. The summed E-state index contributed by atoms with van der Waals surface area (Å²) in [7, 11) is 0. The van der Waals surface area contributed by atoms with Gasteiger partial charge in [-0.15, -0.1) is 0 Å². The second kappa shape index (κ2) is 12.9. The number of aliphatic imine (C=N–C) groups is 1. The van der Waals surface area contributed by atoms with Crippen molar-refractivity contribution in [1.29, 1.82) is 0 Å². The van der Waals surface area contributed by atoms with E-state index in [1.807, 2.05) is 0 Å². The van der Waals surface area contributed by atoms with Crippen LogP contribution in [0.15, 0.2) is 35.3 Å². The van der Waals surface area contributed by atoms with Crippen molar-refractivity contribution in [3.05, 3.63) is 30.4 Å². The van der Waals surface area contributed by atoms with Gasteiger partial charge in [-0.3, -0.25) is 0 Å². The zero-order valence-electron chi connectivity index (χ0n) is 14.4. The summed E-state index contributed by atoms with van der Waals surface area (Å²) in [6.45, 7) is -1.09. The molecule has 6 N–H and O–H groups in total. The van der Waals surface area contributed by atoms with Crippen LogP contribution in [0.25, 0.3) is 0 Å². The maximum atomic E-state index is 11.9. The van der Waals surface area contributed by atoms with E-state index in [9.17, 15) is 22.8 Å². The third-order valence-electron chi connectivity index (χ3n) is 2.33. The number of nitrogens with zero attached hydrogens (tertiary/aromatic N) is 2. The fourth-order valence-corrected chi connectivity index (χ4v) is 1.29. The molecular formula is C15H19F3N4O6. The Morgan fingerprint density at radius 3 is 2.36 bits per heavy atom. The number of carboxylic acid groups (broad SMARTS) is 2. The first kappa shape index (κ1) is 24.7. The standard InChI is InChI=1S/C11H15F3N4O2.C4H4O4/c12-11(13,14)7-16-10(15)18-8-3-1-4-9(17-8)20-6-2-5-19;5-3(6)1-2-4(7)8/h1,3-4,19H,2,5-7H2,(H3,15,16,17,18);1-2H,(H,5,6)(H,7,8). The number of pyridine rings is 1. The van der Waals surface area contributed by atoms with Gasteiger partial charge in [0.15, 0.2) is 5.96 Å². The lowest BCUT2D eigenvalue weighted by molar-refractivity contribution is -0.134. The quantitative estimate of drug-likeness (QED) is 0.181. The summed E-state index contributed by atoms with van der Waals surface area (Å²) in [5, 5.41) is 26.7. The SMILES string of the molecule is NC(=NCC(F)(F)F)Nc1cccc(OCCCO)n1.O=C(O)C=CC(=O)O. The number of guanidine groups is 1. The van der Waals surface area contributed by atoms with Crippen LogP contribution in [0.3, 0.4) is 0 Å². The fourth-order valence-electron chi connectivity index (χ4n) is 1.29. The summed E-state index contributed by atoms with van der Waals surface area (Å²) < 4.78 is 41.0. The Morgan fingerprint density at radius 2 is 1.86 bits per heavy atom. The maximum Gasteiger partial charge on any atom is 0.408 e. The molecule has 0 amide bonds. The van der Waals surface area contributed by atoms with Crippen molar-refractivity contribution in [2.24, 2.45) is 10.7 Å². The topological polar surface area (TPSA) is 167 Å². The van der Waals surface area contributed by atoms with Crippen molar-refractivity contribution in [3.63, 3.8) is 0 Å². The van der Waals surface area contributed by atoms with Crippen LogP contribution in [0.1, 0.15) is 6.42 Å². The molecule has 0 saturated heterocycles. The Kier molecular flexibility index (Phi) is 11.4. The molecule has 0 fully saturated rings. The third kappa shape index (κ3) is 14.9. The molecule has 156 valence electrons. The number of hydrogen-bond acceptors (Lipinski definition) is 6. The van der Waals surface area contributed by atoms with Crippen molar-refractivity contribution in [1.82, 2.24) is 4.98 Å². The van der Waals surface area contributed by atoms with E-state index in [0.29, 0.717) is 18.6 Å². The molecule has 1 heterocycles. The number of alkyl halides is 3. The van der Waals surface area contributed by atoms with Gasteiger partial charge in [-0.05, 0) is 6.07 Å². The van der Waals surface area contributed by atoms with Crippen LogP contribution < -0.4 is 15.8 Å². The molecule has 0 aromatic carbocycles. The maximum absolute atomic E-state index is 11.9. The van der Waals surface area contributed by atoms with Crippen molar-refractivity contribution >= 4 is 23.7 Å². The summed E-state index contributed by atoms with van der Waals surface area (Å²) in [6.07, 6.45) is -2.84. The zero-order chi connectivity index (χ0) is 21.6. The number of anilines is 1. The summed E-state index contributed by atoms with van der Waals surface area (Å²) in [5.41, 5.74) is 5.31. The minimum absolute atomic E-state index is 0.00497. The summed E-state index contributed by atoms with van der Waals surface area (Å²) >= 11 is 0. The van der Waals surface area contributed by atoms with Crippen LogP contribution in [-0.2, 0) is 9.59 Å². The van der Waals surface area contributed by atoms with Crippen molar-refractivity contribution in [2.45, 2.75) is 12.6 Å². The van der Waals surface area contributed by atoms with Gasteiger partial charge in [0, 0.05) is 31.2 Å². The Labute approximate surface area is 157 Å². The summed E-state index contributed by atoms with van der Waals surface area (Å²) in [4.78, 5) is 26.2. The van der Waals surface area contributed by atoms with Gasteiger partial charge in [-0.25, -0.2) is 14.6 Å². The van der Waals surface area contributed by atoms with E-state index < -0.39 is 24.7 Å². The third-order valence-corrected chi connectivity index (χ3v) is 2.33. The number of hydrogen-bond donors (Lipinski definition) is 5. The highest BCUT2D eigenvalue weighted by atomic mass is 19.4. The largest absolute Gasteiger partial charge is 0.478 e. The highest BCUT2D eigenvalue weighted by Gasteiger charge is 2.26. The monoisotopic (exact) mass is 408 g/mol. The molecule has 0 unspecified atom stereocenters. The number of aliphatic carboxylic acids is 2. The van der Waals surface area contributed by atoms with Crippen molar-refractivity contribution in [2.75, 3.05) is 25.1 Å². The molecule has 1 aromatic rings. The molecule has 0 saturated carbocycles. The molecule has 13 heteroatoms. The summed E-state index contributed by atoms with van der Waals surface area (Å²) in [5.74, 6) is -2.41. The van der Waals surface area contributed by atoms with Gasteiger partial charge >= 0.3 is 18.1 Å². The molecule has 0 bridgehead atoms. The number of aliphatic hydroxyl groups excluding tert-OH is 1. The van der Waals surface area contributed by atoms with Gasteiger partial charge in [-0.1, -0.05) is 6.07 Å². The molecule has 1 aromatic heterocycles. The number of carboxylic acids is 2. The Balaban J connectivity index is 0.000000769. The zero-order valence-corrected chi connectivity index (χ0v) is 14.4. The molecule has 1 rings (SSSR count). The van der Waals surface area contributed by atoms with Crippen LogP contribution in [0.5, 0.6) is 5.88 Å². The van der Waals surface area contributed by atoms with Gasteiger partial charge in [0.2, 0.25) is 5.88 Å². The average Bonchev–Trinajstić information content (AvgIpc) is 2.59. The summed E-state index contributed by atoms with van der Waals surface area (Å²) in [6, 6.07) is 4.68. The van der Waals surface area contributed by atoms with Gasteiger partial charge < -0.3 is 31.1 Å². The predicted octanol–water partition coefficient (Wildman–Crippen LogP) is 0.843. The molecule has 0 aliphatic rings. The van der Waals surface area contributed by atoms with Gasteiger partial charge in [0.1, 0.15) is 12.4 Å². The fraction of sp³-hybridized carbons (Fsp3) is 0.333. The lowest BCUT2D eigenvalue weighted by Crippen LogP contribution is -2.26. The predicted molar refractivity (Wildman–Crippen MR) is 92.0 cm³/mol. The van der Waals surface area contributed by atoms with Crippen molar-refractivity contribution in [3.8, 4) is 5.88 Å². The first-order chi connectivity index (χ1) is 13.0. The van der Waals surface area contributed by atoms with Gasteiger partial charge in [0.25, 0.3) is 0 Å². The molecule has 10 nitrogen and oxygen atoms in total. The van der Waals surface area contributed by atoms with Gasteiger partial charge in [-0.2, -0.15) is 18.2 Å². The van der Waals surface area contributed by atoms with E-state index in [-0.39, 0.29) is 30.9 Å². The first-order valence-electron chi connectivity index (χ1n) is 7.52. The molecule has 0 radical (unpaired) electrons. The molecular weight excluding hydrogens is 389 g/mol. The number of halogens is 3. The number of aliphatic hydroxyl groups is 1. The van der Waals surface area contributed by atoms with E-state index in [1.54, 1.807) is 12.1 Å². The van der Waals surface area contributed by atoms with E-state index in [2.05, 4.69) is 15.3 Å². The highest BCUT2D eigenvalue weighted by Crippen LogP contribution is 2.15. The second-order valence-corrected chi connectivity index (χ2v) is 4.74. The Bertz CT molecular complexity index is 679. The normalized spacial score (nSPS) is 11.5. The van der Waals surface area contributed by atoms with E-state index in [1.165, 1.54) is 6.07 Å². The minimum atomic E-state index is -4.41. The first-order valence-corrected chi connectivity index (χ1v) is 7.52. The molecule has 28 heavy (non-hydrogen) atoms. The van der Waals surface area contributed by atoms with Crippen LogP contribution in [0, 0.1) is 0 Å². The number of ether oxygens (including phenoxy) is 1. The molecule has 0 spiro atoms. The molecule has 0 atom stereocenters. The van der Waals surface area contributed by atoms with E-state index >= 15 is 0 Å². The van der Waals surface area contributed by atoms with E-state index in [4.69, 9.17) is 25.8 Å². The lowest BCUT2D eigenvalue weighted by atomic mass is 10.4. The molecule has 0 aliphatic carbocycles. The lowest BCUT2D eigenvalue weighted by Gasteiger charge is -2.08. The van der Waals surface area contributed by atoms with Gasteiger partial charge in [0.05, 0.1) is 6.61 Å². The number of nitrogens with one attached hydrogen (secondary N) is 1. The van der Waals surface area contributed by atoms with Crippen LogP contribution in [0.4, 0.5) is 19.0 Å². The van der Waals surface area contributed by atoms with Crippen LogP contribution in [0.2, 0.25) is 0 Å². The Hall–Kier alpha value is -3.35. The number of carbonyl (C=O) groups is 2. The highest BCUT2D eigenvalue weighted by molar-refractivity contribution is 5.91. The van der Waals surface area contributed by atoms with E-state index in [0.717, 1.165) is 0 Å². The smallest absolute Gasteiger partial charge is 0.408 e. The Morgan fingerprint density at radius 1 is 1.25 bits per heavy atom. The van der Waals surface area contributed by atoms with Crippen molar-refractivity contribution < 1.29 is 42.8 Å². The number of rotatable bonds is 8.